The number of amides is 1. The quantitative estimate of drug-likeness (QED) is 0.579. The van der Waals surface area contributed by atoms with Gasteiger partial charge in [-0.25, -0.2) is 0 Å². The van der Waals surface area contributed by atoms with E-state index in [0.29, 0.717) is 24.7 Å². The fourth-order valence-corrected chi connectivity index (χ4v) is 5.64. The van der Waals surface area contributed by atoms with Crippen molar-refractivity contribution >= 4 is 42.9 Å². The van der Waals surface area contributed by atoms with Gasteiger partial charge in [0.25, 0.3) is 0 Å². The van der Waals surface area contributed by atoms with Crippen molar-refractivity contribution in [3.05, 3.63) is 76.0 Å². The second-order valence-corrected chi connectivity index (χ2v) is 10.3. The minimum absolute atomic E-state index is 0.0538. The van der Waals surface area contributed by atoms with Gasteiger partial charge >= 0.3 is 170 Å². The number of benzene rings is 2. The molecule has 0 saturated carbocycles. The molecule has 3 aliphatic rings. The summed E-state index contributed by atoms with van der Waals surface area (Å²) in [5.41, 5.74) is 4.23. The van der Waals surface area contributed by atoms with Crippen molar-refractivity contribution in [1.82, 2.24) is 14.7 Å². The zero-order chi connectivity index (χ0) is 22.1. The average molecular weight is 511 g/mol. The molecule has 3 aliphatic heterocycles. The van der Waals surface area contributed by atoms with Crippen LogP contribution in [0.4, 0.5) is 0 Å². The number of hydrogen-bond acceptors (Lipinski definition) is 5. The van der Waals surface area contributed by atoms with E-state index in [4.69, 9.17) is 16.9 Å². The van der Waals surface area contributed by atoms with Crippen LogP contribution in [0.3, 0.4) is 0 Å². The van der Waals surface area contributed by atoms with Crippen molar-refractivity contribution in [2.24, 2.45) is 4.99 Å². The third-order valence-corrected chi connectivity index (χ3v) is 7.48. The SMILES string of the molecule is N#C[Se]c1cccc(CN2CCC3=C(C2)C(=O)N(Cc2ccc(Cl)cc2)C2=NCCN23)c1. The summed E-state index contributed by atoms with van der Waals surface area (Å²) in [6, 6.07) is 15.9. The summed E-state index contributed by atoms with van der Waals surface area (Å²) < 4.78 is 1.09. The van der Waals surface area contributed by atoms with Crippen LogP contribution in [0.5, 0.6) is 0 Å². The zero-order valence-electron chi connectivity index (χ0n) is 17.5. The molecule has 2 aromatic carbocycles. The van der Waals surface area contributed by atoms with Crippen LogP contribution in [0.2, 0.25) is 5.02 Å². The summed E-state index contributed by atoms with van der Waals surface area (Å²) in [6.07, 6.45) is 0.844. The van der Waals surface area contributed by atoms with Crippen LogP contribution in [-0.2, 0) is 17.9 Å². The van der Waals surface area contributed by atoms with Crippen molar-refractivity contribution in [2.45, 2.75) is 19.5 Å². The number of guanidine groups is 1. The molecule has 0 unspecified atom stereocenters. The molecule has 1 amide bonds. The minimum atomic E-state index is -0.152. The molecule has 6 nitrogen and oxygen atoms in total. The maximum atomic E-state index is 13.6. The summed E-state index contributed by atoms with van der Waals surface area (Å²) in [5, 5.41) is 9.69. The molecule has 0 N–H and O–H groups in total. The number of aliphatic imine (C=N–C) groups is 1. The second kappa shape index (κ2) is 9.09. The predicted octanol–water partition coefficient (Wildman–Crippen LogP) is 2.32. The van der Waals surface area contributed by atoms with Crippen molar-refractivity contribution in [2.75, 3.05) is 26.2 Å². The van der Waals surface area contributed by atoms with Gasteiger partial charge in [0.2, 0.25) is 0 Å². The number of halogens is 1. The molecule has 3 heterocycles. The molecule has 8 heteroatoms. The van der Waals surface area contributed by atoms with Gasteiger partial charge in [-0.05, 0) is 12.1 Å². The molecule has 0 bridgehead atoms. The van der Waals surface area contributed by atoms with E-state index in [1.54, 1.807) is 0 Å². The molecular formula is C24H22ClN5OSe. The molecule has 32 heavy (non-hydrogen) atoms. The van der Waals surface area contributed by atoms with Gasteiger partial charge in [0, 0.05) is 5.02 Å². The molecule has 5 rings (SSSR count). The Kier molecular flexibility index (Phi) is 6.03. The molecule has 2 aromatic rings. The summed E-state index contributed by atoms with van der Waals surface area (Å²) in [4.78, 5) is 26.9. The summed E-state index contributed by atoms with van der Waals surface area (Å²) in [5.74, 6) is 0.835. The van der Waals surface area contributed by atoms with Crippen molar-refractivity contribution in [3.63, 3.8) is 0 Å². The molecule has 0 spiro atoms. The fourth-order valence-electron chi connectivity index (χ4n) is 4.54. The van der Waals surface area contributed by atoms with Gasteiger partial charge in [-0.2, -0.15) is 0 Å². The predicted molar refractivity (Wildman–Crippen MR) is 125 cm³/mol. The molecule has 162 valence electrons. The molecule has 0 fully saturated rings. The van der Waals surface area contributed by atoms with Crippen LogP contribution in [-0.4, -0.2) is 67.7 Å². The van der Waals surface area contributed by atoms with E-state index in [1.807, 2.05) is 41.3 Å². The number of carbonyl (C=O) groups excluding carboxylic acids is 1. The standard InChI is InChI=1S/C24H22ClN5OSe/c25-19-6-4-17(5-7-19)14-30-23(31)21-15-28(10-8-22(21)29-11-9-27-24(29)30)13-18-2-1-3-20(12-18)32-16-26/h1-7,12H,8-11,13-15H2. The number of nitriles is 1. The third-order valence-electron chi connectivity index (χ3n) is 6.01. The zero-order valence-corrected chi connectivity index (χ0v) is 20.0. The van der Waals surface area contributed by atoms with E-state index in [-0.39, 0.29) is 20.9 Å². The van der Waals surface area contributed by atoms with E-state index in [1.165, 1.54) is 5.56 Å². The maximum absolute atomic E-state index is 13.6. The van der Waals surface area contributed by atoms with E-state index in [2.05, 4.69) is 31.9 Å². The van der Waals surface area contributed by atoms with Crippen LogP contribution in [0.15, 0.2) is 64.8 Å². The molecule has 0 radical (unpaired) electrons. The van der Waals surface area contributed by atoms with Crippen molar-refractivity contribution < 1.29 is 4.79 Å². The molecular weight excluding hydrogens is 489 g/mol. The van der Waals surface area contributed by atoms with Gasteiger partial charge in [-0.3, -0.25) is 0 Å². The van der Waals surface area contributed by atoms with Crippen molar-refractivity contribution in [3.8, 4) is 4.97 Å². The summed E-state index contributed by atoms with van der Waals surface area (Å²) in [6.45, 7) is 4.34. The Morgan fingerprint density at radius 2 is 1.94 bits per heavy atom. The summed E-state index contributed by atoms with van der Waals surface area (Å²) >= 11 is 5.88. The van der Waals surface area contributed by atoms with Gasteiger partial charge in [0.05, 0.1) is 0 Å². The Morgan fingerprint density at radius 3 is 2.75 bits per heavy atom. The normalized spacial score (nSPS) is 18.4. The van der Waals surface area contributed by atoms with Gasteiger partial charge in [0.1, 0.15) is 0 Å². The van der Waals surface area contributed by atoms with E-state index < -0.39 is 0 Å². The first-order valence-corrected chi connectivity index (χ1v) is 12.7. The monoisotopic (exact) mass is 511 g/mol. The Morgan fingerprint density at radius 1 is 1.09 bits per heavy atom. The molecule has 0 aliphatic carbocycles. The van der Waals surface area contributed by atoms with Gasteiger partial charge in [-0.15, -0.1) is 0 Å². The molecule has 0 atom stereocenters. The Bertz CT molecular complexity index is 1150. The second-order valence-electron chi connectivity index (χ2n) is 8.08. The van der Waals surface area contributed by atoms with E-state index in [9.17, 15) is 4.79 Å². The van der Waals surface area contributed by atoms with Crippen LogP contribution in [0, 0.1) is 10.2 Å². The number of rotatable bonds is 5. The number of carbonyl (C=O) groups is 1. The number of hydrogen-bond donors (Lipinski definition) is 0. The number of nitrogens with zero attached hydrogens (tertiary/aromatic N) is 5. The molecule has 0 saturated heterocycles. The topological polar surface area (TPSA) is 62.9 Å². The number of fused-ring (bicyclic) bond motifs is 2. The summed E-state index contributed by atoms with van der Waals surface area (Å²) in [7, 11) is 0. The Hall–Kier alpha value is -2.62. The Labute approximate surface area is 198 Å². The Balaban J connectivity index is 1.37. The van der Waals surface area contributed by atoms with Crippen molar-refractivity contribution in [1.29, 1.82) is 5.26 Å². The van der Waals surface area contributed by atoms with Gasteiger partial charge < -0.3 is 0 Å². The van der Waals surface area contributed by atoms with Crippen LogP contribution < -0.4 is 4.46 Å². The third kappa shape index (κ3) is 4.20. The van der Waals surface area contributed by atoms with Crippen LogP contribution in [0.25, 0.3) is 0 Å². The molecule has 0 aromatic heterocycles. The van der Waals surface area contributed by atoms with E-state index in [0.717, 1.165) is 53.3 Å². The van der Waals surface area contributed by atoms with Gasteiger partial charge in [0.15, 0.2) is 0 Å². The first kappa shape index (κ1) is 21.2. The average Bonchev–Trinajstić information content (AvgIpc) is 3.28. The van der Waals surface area contributed by atoms with Gasteiger partial charge in [-0.1, -0.05) is 11.6 Å². The van der Waals surface area contributed by atoms with E-state index >= 15 is 0 Å². The van der Waals surface area contributed by atoms with Crippen LogP contribution in [0.1, 0.15) is 17.5 Å². The first-order valence-electron chi connectivity index (χ1n) is 10.6. The first-order chi connectivity index (χ1) is 15.6. The van der Waals surface area contributed by atoms with Crippen LogP contribution >= 0.6 is 11.6 Å². The fraction of sp³-hybridized carbons (Fsp3) is 0.292.